The van der Waals surface area contributed by atoms with Gasteiger partial charge in [0.15, 0.2) is 0 Å². The van der Waals surface area contributed by atoms with Crippen molar-refractivity contribution < 1.29 is 19.5 Å². The summed E-state index contributed by atoms with van der Waals surface area (Å²) < 4.78 is 0. The smallest absolute Gasteiger partial charge is 0.235 e. The molecule has 1 aliphatic rings. The van der Waals surface area contributed by atoms with Crippen molar-refractivity contribution >= 4 is 29.0 Å². The van der Waals surface area contributed by atoms with Crippen LogP contribution in [0, 0.1) is 11.8 Å². The lowest BCUT2D eigenvalue weighted by atomic mass is 9.61. The quantitative estimate of drug-likeness (QED) is 0.524. The SMILES string of the molecule is C[C@]1(O)CC(=O)[C@H](C(=O)Nc2ccccc2)[C@H](c2cccnc2)[C@@H]1C(=O)Nc1ccccc1. The van der Waals surface area contributed by atoms with E-state index >= 15 is 0 Å². The number of benzene rings is 2. The standard InChI is InChI=1S/C26H25N3O4/c1-26(33)15-20(30)22(24(31)28-18-10-4-2-5-11-18)21(17-9-8-14-27-16-17)23(26)25(32)29-19-12-6-3-7-13-19/h2-14,16,21-23,33H,15H2,1H3,(H,28,31)(H,29,32)/t21-,22-,23+,26-/m0/s1. The maximum Gasteiger partial charge on any atom is 0.235 e. The van der Waals surface area contributed by atoms with Crippen LogP contribution >= 0.6 is 0 Å². The van der Waals surface area contributed by atoms with Gasteiger partial charge in [0.05, 0.1) is 11.5 Å². The predicted molar refractivity (Wildman–Crippen MR) is 124 cm³/mol. The van der Waals surface area contributed by atoms with Crippen LogP contribution in [0.1, 0.15) is 24.8 Å². The van der Waals surface area contributed by atoms with Gasteiger partial charge in [-0.25, -0.2) is 0 Å². The summed E-state index contributed by atoms with van der Waals surface area (Å²) in [5.74, 6) is -4.54. The molecule has 3 aromatic rings. The fraction of sp³-hybridized carbons (Fsp3) is 0.231. The lowest BCUT2D eigenvalue weighted by molar-refractivity contribution is -0.150. The largest absolute Gasteiger partial charge is 0.389 e. The zero-order valence-corrected chi connectivity index (χ0v) is 18.1. The fourth-order valence-corrected chi connectivity index (χ4v) is 4.55. The summed E-state index contributed by atoms with van der Waals surface area (Å²) in [7, 11) is 0. The highest BCUT2D eigenvalue weighted by Gasteiger charge is 2.56. The number of Topliss-reactive ketones (excluding diaryl/α,β-unsaturated/α-hetero) is 1. The Morgan fingerprint density at radius 3 is 2.03 bits per heavy atom. The number of para-hydroxylation sites is 2. The molecule has 4 rings (SSSR count). The summed E-state index contributed by atoms with van der Waals surface area (Å²) in [6.45, 7) is 1.47. The minimum absolute atomic E-state index is 0.316. The number of nitrogens with zero attached hydrogens (tertiary/aromatic N) is 1. The molecule has 7 heteroatoms. The summed E-state index contributed by atoms with van der Waals surface area (Å²) in [6, 6.07) is 21.1. The molecule has 1 aliphatic carbocycles. The Morgan fingerprint density at radius 2 is 1.48 bits per heavy atom. The molecule has 7 nitrogen and oxygen atoms in total. The molecule has 33 heavy (non-hydrogen) atoms. The fourth-order valence-electron chi connectivity index (χ4n) is 4.55. The van der Waals surface area contributed by atoms with Gasteiger partial charge in [0.1, 0.15) is 11.7 Å². The molecule has 0 bridgehead atoms. The van der Waals surface area contributed by atoms with Crippen molar-refractivity contribution in [2.24, 2.45) is 11.8 Å². The van der Waals surface area contributed by atoms with Gasteiger partial charge in [-0.2, -0.15) is 0 Å². The molecule has 1 saturated carbocycles. The Kier molecular flexibility index (Phi) is 6.33. The van der Waals surface area contributed by atoms with E-state index in [-0.39, 0.29) is 6.42 Å². The van der Waals surface area contributed by atoms with Gasteiger partial charge in [-0.15, -0.1) is 0 Å². The highest BCUT2D eigenvalue weighted by atomic mass is 16.3. The van der Waals surface area contributed by atoms with Gasteiger partial charge < -0.3 is 15.7 Å². The van der Waals surface area contributed by atoms with E-state index in [1.807, 2.05) is 12.1 Å². The normalized spacial score (nSPS) is 24.7. The van der Waals surface area contributed by atoms with Crippen molar-refractivity contribution in [1.29, 1.82) is 0 Å². The van der Waals surface area contributed by atoms with E-state index in [1.54, 1.807) is 66.9 Å². The Bertz CT molecular complexity index is 1130. The van der Waals surface area contributed by atoms with Crippen LogP contribution in [0.25, 0.3) is 0 Å². The van der Waals surface area contributed by atoms with Crippen LogP contribution in [0.5, 0.6) is 0 Å². The molecule has 0 unspecified atom stereocenters. The molecule has 1 aromatic heterocycles. The molecular formula is C26H25N3O4. The Morgan fingerprint density at radius 1 is 0.909 bits per heavy atom. The van der Waals surface area contributed by atoms with Crippen LogP contribution in [0.15, 0.2) is 85.2 Å². The summed E-state index contributed by atoms with van der Waals surface area (Å²) >= 11 is 0. The average molecular weight is 444 g/mol. The van der Waals surface area contributed by atoms with Crippen molar-refractivity contribution in [1.82, 2.24) is 4.98 Å². The second-order valence-corrected chi connectivity index (χ2v) is 8.48. The highest BCUT2D eigenvalue weighted by molar-refractivity contribution is 6.10. The van der Waals surface area contributed by atoms with Crippen LogP contribution < -0.4 is 10.6 Å². The second-order valence-electron chi connectivity index (χ2n) is 8.48. The molecule has 0 saturated heterocycles. The van der Waals surface area contributed by atoms with Gasteiger partial charge in [-0.1, -0.05) is 42.5 Å². The molecule has 2 aromatic carbocycles. The molecule has 168 valence electrons. The number of aromatic nitrogens is 1. The van der Waals surface area contributed by atoms with Crippen LogP contribution in [0.4, 0.5) is 11.4 Å². The maximum atomic E-state index is 13.5. The first kappa shape index (κ1) is 22.4. The van der Waals surface area contributed by atoms with Gasteiger partial charge in [-0.05, 0) is 42.8 Å². The number of hydrogen-bond acceptors (Lipinski definition) is 5. The molecule has 3 N–H and O–H groups in total. The molecule has 1 fully saturated rings. The third-order valence-corrected chi connectivity index (χ3v) is 5.98. The third kappa shape index (κ3) is 4.83. The number of carbonyl (C=O) groups is 3. The number of aliphatic hydroxyl groups is 1. The van der Waals surface area contributed by atoms with Gasteiger partial charge in [-0.3, -0.25) is 19.4 Å². The van der Waals surface area contributed by atoms with E-state index in [0.717, 1.165) is 0 Å². The summed E-state index contributed by atoms with van der Waals surface area (Å²) in [6.07, 6.45) is 2.79. The van der Waals surface area contributed by atoms with Crippen molar-refractivity contribution in [3.63, 3.8) is 0 Å². The molecule has 0 aliphatic heterocycles. The van der Waals surface area contributed by atoms with E-state index in [0.29, 0.717) is 16.9 Å². The van der Waals surface area contributed by atoms with Crippen molar-refractivity contribution in [2.45, 2.75) is 24.9 Å². The predicted octanol–water partition coefficient (Wildman–Crippen LogP) is 3.40. The van der Waals surface area contributed by atoms with Crippen molar-refractivity contribution in [3.05, 3.63) is 90.8 Å². The molecule has 1 heterocycles. The molecule has 0 radical (unpaired) electrons. The van der Waals surface area contributed by atoms with Crippen LogP contribution in [-0.2, 0) is 14.4 Å². The van der Waals surface area contributed by atoms with Crippen LogP contribution in [0.3, 0.4) is 0 Å². The average Bonchev–Trinajstić information content (AvgIpc) is 2.79. The number of pyridine rings is 1. The van der Waals surface area contributed by atoms with Crippen molar-refractivity contribution in [2.75, 3.05) is 10.6 Å². The van der Waals surface area contributed by atoms with E-state index in [1.165, 1.54) is 13.1 Å². The number of carbonyl (C=O) groups excluding carboxylic acids is 3. The lowest BCUT2D eigenvalue weighted by Crippen LogP contribution is -2.56. The van der Waals surface area contributed by atoms with Gasteiger partial charge in [0, 0.05) is 36.1 Å². The first-order valence-corrected chi connectivity index (χ1v) is 10.7. The number of hydrogen-bond donors (Lipinski definition) is 3. The number of ketones is 1. The number of anilines is 2. The molecule has 4 atom stereocenters. The summed E-state index contributed by atoms with van der Waals surface area (Å²) in [5, 5.41) is 16.9. The molecular weight excluding hydrogens is 418 g/mol. The zero-order valence-electron chi connectivity index (χ0n) is 18.1. The van der Waals surface area contributed by atoms with E-state index < -0.39 is 41.0 Å². The van der Waals surface area contributed by atoms with Gasteiger partial charge >= 0.3 is 0 Å². The number of amides is 2. The molecule has 2 amide bonds. The van der Waals surface area contributed by atoms with E-state index in [9.17, 15) is 19.5 Å². The molecule has 0 spiro atoms. The minimum atomic E-state index is -1.65. The number of nitrogens with one attached hydrogen (secondary N) is 2. The lowest BCUT2D eigenvalue weighted by Gasteiger charge is -2.44. The Labute approximate surface area is 191 Å². The van der Waals surface area contributed by atoms with Crippen LogP contribution in [-0.4, -0.2) is 33.3 Å². The zero-order chi connectivity index (χ0) is 23.4. The first-order valence-electron chi connectivity index (χ1n) is 10.7. The highest BCUT2D eigenvalue weighted by Crippen LogP contribution is 2.46. The van der Waals surface area contributed by atoms with Crippen molar-refractivity contribution in [3.8, 4) is 0 Å². The second kappa shape index (κ2) is 9.34. The number of rotatable bonds is 5. The third-order valence-electron chi connectivity index (χ3n) is 5.98. The van der Waals surface area contributed by atoms with E-state index in [4.69, 9.17) is 0 Å². The first-order chi connectivity index (χ1) is 15.9. The van der Waals surface area contributed by atoms with Gasteiger partial charge in [0.2, 0.25) is 11.8 Å². The topological polar surface area (TPSA) is 108 Å². The minimum Gasteiger partial charge on any atom is -0.389 e. The Balaban J connectivity index is 1.74. The van der Waals surface area contributed by atoms with Crippen LogP contribution in [0.2, 0.25) is 0 Å². The summed E-state index contributed by atoms with van der Waals surface area (Å²) in [5.41, 5.74) is -0.0134. The Hall–Kier alpha value is -3.84. The van der Waals surface area contributed by atoms with Gasteiger partial charge in [0.25, 0.3) is 0 Å². The summed E-state index contributed by atoms with van der Waals surface area (Å²) in [4.78, 5) is 44.1. The van der Waals surface area contributed by atoms with E-state index in [2.05, 4.69) is 15.6 Å². The monoisotopic (exact) mass is 443 g/mol. The maximum absolute atomic E-state index is 13.5.